The first-order chi connectivity index (χ1) is 6.70. The highest BCUT2D eigenvalue weighted by Gasteiger charge is 2.22. The molecule has 0 aromatic heterocycles. The largest absolute Gasteiger partial charge is 0.388 e. The van der Waals surface area contributed by atoms with Crippen molar-refractivity contribution in [3.8, 4) is 0 Å². The first kappa shape index (κ1) is 9.93. The van der Waals surface area contributed by atoms with Gasteiger partial charge in [-0.3, -0.25) is 0 Å². The molecule has 0 amide bonds. The number of thioether (sulfide) groups is 1. The molecule has 0 saturated carbocycles. The number of halogens is 2. The molecule has 1 atom stereocenters. The molecule has 1 heterocycles. The Bertz CT molecular complexity index is 354. The Balaban J connectivity index is 2.57. The minimum atomic E-state index is -0.865. The molecule has 1 aliphatic heterocycles. The zero-order valence-corrected chi connectivity index (χ0v) is 8.28. The molecule has 0 spiro atoms. The lowest BCUT2D eigenvalue weighted by atomic mass is 10.0. The van der Waals surface area contributed by atoms with Crippen LogP contribution in [0.5, 0.6) is 0 Å². The van der Waals surface area contributed by atoms with Crippen molar-refractivity contribution in [3.63, 3.8) is 0 Å². The maximum Gasteiger partial charge on any atom is 0.129 e. The average molecular weight is 216 g/mol. The Kier molecular flexibility index (Phi) is 2.74. The molecule has 1 aliphatic rings. The second-order valence-electron chi connectivity index (χ2n) is 3.28. The van der Waals surface area contributed by atoms with E-state index in [0.717, 1.165) is 17.9 Å². The maximum atomic E-state index is 13.3. The Morgan fingerprint density at radius 2 is 2.00 bits per heavy atom. The van der Waals surface area contributed by atoms with E-state index in [9.17, 15) is 13.9 Å². The lowest BCUT2D eigenvalue weighted by Crippen LogP contribution is -2.05. The van der Waals surface area contributed by atoms with E-state index in [2.05, 4.69) is 0 Å². The van der Waals surface area contributed by atoms with Gasteiger partial charge in [0.05, 0.1) is 6.10 Å². The smallest absolute Gasteiger partial charge is 0.129 e. The minimum Gasteiger partial charge on any atom is -0.388 e. The van der Waals surface area contributed by atoms with Crippen molar-refractivity contribution in [2.24, 2.45) is 0 Å². The molecule has 0 saturated heterocycles. The highest BCUT2D eigenvalue weighted by molar-refractivity contribution is 7.98. The summed E-state index contributed by atoms with van der Waals surface area (Å²) in [6, 6.07) is 2.19. The Morgan fingerprint density at radius 1 is 1.29 bits per heavy atom. The summed E-state index contributed by atoms with van der Waals surface area (Å²) in [5, 5.41) is 9.63. The van der Waals surface area contributed by atoms with Gasteiger partial charge >= 0.3 is 0 Å². The number of aliphatic hydroxyl groups is 1. The van der Waals surface area contributed by atoms with Gasteiger partial charge in [-0.2, -0.15) is 11.8 Å². The summed E-state index contributed by atoms with van der Waals surface area (Å²) >= 11 is 1.52. The normalized spacial score (nSPS) is 21.5. The second kappa shape index (κ2) is 3.87. The van der Waals surface area contributed by atoms with E-state index in [1.54, 1.807) is 0 Å². The van der Waals surface area contributed by atoms with Crippen molar-refractivity contribution in [2.75, 3.05) is 5.75 Å². The lowest BCUT2D eigenvalue weighted by Gasteiger charge is -2.12. The number of rotatable bonds is 0. The van der Waals surface area contributed by atoms with Gasteiger partial charge in [-0.15, -0.1) is 0 Å². The molecule has 1 aromatic carbocycles. The van der Waals surface area contributed by atoms with Crippen LogP contribution in [0.1, 0.15) is 23.7 Å². The summed E-state index contributed by atoms with van der Waals surface area (Å²) in [5.41, 5.74) is 0.468. The van der Waals surface area contributed by atoms with Crippen LogP contribution in [0, 0.1) is 11.6 Å². The number of aliphatic hydroxyl groups excluding tert-OH is 1. The van der Waals surface area contributed by atoms with Crippen LogP contribution in [0.3, 0.4) is 0 Å². The minimum absolute atomic E-state index is 0.148. The molecule has 0 radical (unpaired) electrons. The Morgan fingerprint density at radius 3 is 2.79 bits per heavy atom. The van der Waals surface area contributed by atoms with Crippen LogP contribution in [-0.2, 0) is 5.75 Å². The standard InChI is InChI=1S/C10H10F2OS/c11-7-1-2-8(12)10-6(7)5-14-4-3-9(10)13/h1-2,9,13H,3-5H2/t9-/m1/s1. The molecule has 1 N–H and O–H groups in total. The number of fused-ring (bicyclic) bond motifs is 1. The third kappa shape index (κ3) is 1.64. The van der Waals surface area contributed by atoms with Crippen molar-refractivity contribution >= 4 is 11.8 Å². The number of benzene rings is 1. The Hall–Kier alpha value is -0.610. The van der Waals surface area contributed by atoms with Gasteiger partial charge in [0.1, 0.15) is 11.6 Å². The fourth-order valence-electron chi connectivity index (χ4n) is 1.63. The summed E-state index contributed by atoms with van der Waals surface area (Å²) in [4.78, 5) is 0. The van der Waals surface area contributed by atoms with Gasteiger partial charge in [0.25, 0.3) is 0 Å². The quantitative estimate of drug-likeness (QED) is 0.719. The van der Waals surface area contributed by atoms with Crippen LogP contribution >= 0.6 is 11.8 Å². The van der Waals surface area contributed by atoms with E-state index in [0.29, 0.717) is 17.7 Å². The monoisotopic (exact) mass is 216 g/mol. The van der Waals surface area contributed by atoms with Crippen LogP contribution in [0.25, 0.3) is 0 Å². The van der Waals surface area contributed by atoms with Crippen molar-refractivity contribution in [2.45, 2.75) is 18.3 Å². The molecule has 0 fully saturated rings. The molecule has 2 rings (SSSR count). The van der Waals surface area contributed by atoms with Gasteiger partial charge in [-0.25, -0.2) is 8.78 Å². The number of hydrogen-bond acceptors (Lipinski definition) is 2. The zero-order chi connectivity index (χ0) is 10.1. The fraction of sp³-hybridized carbons (Fsp3) is 0.400. The second-order valence-corrected chi connectivity index (χ2v) is 4.38. The molecule has 14 heavy (non-hydrogen) atoms. The van der Waals surface area contributed by atoms with E-state index in [4.69, 9.17) is 0 Å². The van der Waals surface area contributed by atoms with Gasteiger partial charge in [0.15, 0.2) is 0 Å². The highest BCUT2D eigenvalue weighted by Crippen LogP contribution is 2.33. The molecular formula is C10H10F2OS. The van der Waals surface area contributed by atoms with Gasteiger partial charge in [0.2, 0.25) is 0 Å². The summed E-state index contributed by atoms with van der Waals surface area (Å²) < 4.78 is 26.7. The SMILES string of the molecule is O[C@@H]1CCSCc2c(F)ccc(F)c21. The van der Waals surface area contributed by atoms with Gasteiger partial charge < -0.3 is 5.11 Å². The number of hydrogen-bond donors (Lipinski definition) is 1. The fourth-order valence-corrected chi connectivity index (χ4v) is 2.66. The summed E-state index contributed by atoms with van der Waals surface area (Å²) in [7, 11) is 0. The molecular weight excluding hydrogens is 206 g/mol. The van der Waals surface area contributed by atoms with Crippen LogP contribution in [0.4, 0.5) is 8.78 Å². The predicted octanol–water partition coefficient (Wildman–Crippen LogP) is 2.64. The van der Waals surface area contributed by atoms with E-state index < -0.39 is 17.7 Å². The highest BCUT2D eigenvalue weighted by atomic mass is 32.2. The van der Waals surface area contributed by atoms with E-state index in [1.165, 1.54) is 11.8 Å². The molecule has 0 aliphatic carbocycles. The third-order valence-electron chi connectivity index (χ3n) is 2.36. The van der Waals surface area contributed by atoms with Gasteiger partial charge in [-0.05, 0) is 24.3 Å². The van der Waals surface area contributed by atoms with E-state index in [-0.39, 0.29) is 5.56 Å². The van der Waals surface area contributed by atoms with Crippen molar-refractivity contribution < 1.29 is 13.9 Å². The maximum absolute atomic E-state index is 13.3. The van der Waals surface area contributed by atoms with Gasteiger partial charge in [0, 0.05) is 16.9 Å². The molecule has 0 bridgehead atoms. The van der Waals surface area contributed by atoms with Crippen molar-refractivity contribution in [1.29, 1.82) is 0 Å². The van der Waals surface area contributed by atoms with Crippen LogP contribution < -0.4 is 0 Å². The van der Waals surface area contributed by atoms with Crippen LogP contribution in [0.2, 0.25) is 0 Å². The molecule has 1 nitrogen and oxygen atoms in total. The topological polar surface area (TPSA) is 20.2 Å². The zero-order valence-electron chi connectivity index (χ0n) is 7.46. The average Bonchev–Trinajstić information content (AvgIpc) is 2.35. The van der Waals surface area contributed by atoms with E-state index >= 15 is 0 Å². The predicted molar refractivity (Wildman–Crippen MR) is 52.1 cm³/mol. The lowest BCUT2D eigenvalue weighted by molar-refractivity contribution is 0.169. The molecule has 76 valence electrons. The van der Waals surface area contributed by atoms with E-state index in [1.807, 2.05) is 0 Å². The first-order valence-corrected chi connectivity index (χ1v) is 5.58. The molecule has 1 aromatic rings. The first-order valence-electron chi connectivity index (χ1n) is 4.42. The summed E-state index contributed by atoms with van der Waals surface area (Å²) in [5.74, 6) is 0.247. The van der Waals surface area contributed by atoms with Crippen molar-refractivity contribution in [1.82, 2.24) is 0 Å². The van der Waals surface area contributed by atoms with Crippen LogP contribution in [-0.4, -0.2) is 10.9 Å². The van der Waals surface area contributed by atoms with Gasteiger partial charge in [-0.1, -0.05) is 0 Å². The molecule has 0 unspecified atom stereocenters. The van der Waals surface area contributed by atoms with Crippen LogP contribution in [0.15, 0.2) is 12.1 Å². The van der Waals surface area contributed by atoms with Crippen molar-refractivity contribution in [3.05, 3.63) is 34.9 Å². The summed E-state index contributed by atoms with van der Waals surface area (Å²) in [6.45, 7) is 0. The third-order valence-corrected chi connectivity index (χ3v) is 3.38. The Labute approximate surface area is 85.1 Å². The summed E-state index contributed by atoms with van der Waals surface area (Å²) in [6.07, 6.45) is -0.381. The molecule has 4 heteroatoms.